The lowest BCUT2D eigenvalue weighted by Gasteiger charge is -2.41. The Morgan fingerprint density at radius 1 is 1.26 bits per heavy atom. The predicted octanol–water partition coefficient (Wildman–Crippen LogP) is 4.55. The van der Waals surface area contributed by atoms with Crippen LogP contribution < -0.4 is 10.5 Å². The molecule has 4 aliphatic rings. The molecule has 2 unspecified atom stereocenters. The van der Waals surface area contributed by atoms with Gasteiger partial charge in [0.25, 0.3) is 0 Å². The number of fused-ring (bicyclic) bond motifs is 2. The quantitative estimate of drug-likeness (QED) is 0.725. The summed E-state index contributed by atoms with van der Waals surface area (Å²) in [5.74, 6) is -0.0551. The molecule has 1 fully saturated rings. The van der Waals surface area contributed by atoms with Crippen molar-refractivity contribution in [1.29, 1.82) is 0 Å². The lowest BCUT2D eigenvalue weighted by Crippen LogP contribution is -2.47. The average Bonchev–Trinajstić information content (AvgIpc) is 3.15. The Labute approximate surface area is 184 Å². The second-order valence-electron chi connectivity index (χ2n) is 8.53. The van der Waals surface area contributed by atoms with Gasteiger partial charge in [-0.1, -0.05) is 30.0 Å². The highest BCUT2D eigenvalue weighted by Crippen LogP contribution is 2.55. The van der Waals surface area contributed by atoms with Crippen LogP contribution in [0.2, 0.25) is 0 Å². The van der Waals surface area contributed by atoms with Crippen molar-refractivity contribution in [3.63, 3.8) is 0 Å². The molecule has 5 nitrogen and oxygen atoms in total. The van der Waals surface area contributed by atoms with E-state index in [2.05, 4.69) is 5.10 Å². The van der Waals surface area contributed by atoms with Crippen molar-refractivity contribution in [3.05, 3.63) is 53.4 Å². The monoisotopic (exact) mass is 445 g/mol. The first-order chi connectivity index (χ1) is 15.0. The fraction of sp³-hybridized carbons (Fsp3) is 0.478. The predicted molar refractivity (Wildman–Crippen MR) is 117 cm³/mol. The van der Waals surface area contributed by atoms with E-state index in [1.165, 1.54) is 28.9 Å². The lowest BCUT2D eigenvalue weighted by atomic mass is 9.85. The minimum atomic E-state index is -1.26. The Morgan fingerprint density at radius 3 is 2.84 bits per heavy atom. The minimum Gasteiger partial charge on any atom is -0.493 e. The normalized spacial score (nSPS) is 32.7. The number of alkyl halides is 1. The zero-order chi connectivity index (χ0) is 21.6. The number of hydrogen-bond donors (Lipinski definition) is 1. The van der Waals surface area contributed by atoms with E-state index in [0.29, 0.717) is 36.7 Å². The first-order valence-electron chi connectivity index (χ1n) is 10.8. The summed E-state index contributed by atoms with van der Waals surface area (Å²) in [7, 11) is 0. The van der Waals surface area contributed by atoms with Crippen LogP contribution in [0, 0.1) is 5.92 Å². The topological polar surface area (TPSA) is 67.9 Å². The van der Waals surface area contributed by atoms with Crippen LogP contribution >= 0.6 is 11.8 Å². The van der Waals surface area contributed by atoms with Gasteiger partial charge in [0.05, 0.1) is 6.61 Å². The van der Waals surface area contributed by atoms with Crippen LogP contribution in [0.3, 0.4) is 0 Å². The number of rotatable bonds is 2. The molecule has 0 saturated heterocycles. The number of nitrogens with zero attached hydrogens (tertiary/aromatic N) is 2. The highest BCUT2D eigenvalue weighted by molar-refractivity contribution is 8.15. The molecule has 0 aromatic heterocycles. The molecule has 164 valence electrons. The third kappa shape index (κ3) is 3.59. The minimum absolute atomic E-state index is 0.0140. The van der Waals surface area contributed by atoms with Gasteiger partial charge in [0, 0.05) is 35.9 Å². The van der Waals surface area contributed by atoms with Gasteiger partial charge in [-0.2, -0.15) is 5.10 Å². The molecule has 5 rings (SSSR count). The summed E-state index contributed by atoms with van der Waals surface area (Å²) >= 11 is 1.32. The van der Waals surface area contributed by atoms with Gasteiger partial charge in [0.1, 0.15) is 27.7 Å². The fourth-order valence-electron chi connectivity index (χ4n) is 4.77. The number of ether oxygens (including phenoxy) is 1. The summed E-state index contributed by atoms with van der Waals surface area (Å²) in [4.78, 5) is 12.9. The SMILES string of the molecule is N[C@H]1CC[C@H](C(=O)N2N=C(C3=CC(F)CC=C3F)SC23CCOc2ccccc23)CC1. The van der Waals surface area contributed by atoms with Crippen molar-refractivity contribution >= 4 is 22.7 Å². The summed E-state index contributed by atoms with van der Waals surface area (Å²) < 4.78 is 34.5. The van der Waals surface area contributed by atoms with E-state index in [1.54, 1.807) is 0 Å². The number of hydrazone groups is 1. The Bertz CT molecular complexity index is 987. The van der Waals surface area contributed by atoms with Gasteiger partial charge >= 0.3 is 0 Å². The molecule has 8 heteroatoms. The second-order valence-corrected chi connectivity index (χ2v) is 9.80. The molecule has 31 heavy (non-hydrogen) atoms. The smallest absolute Gasteiger partial charge is 0.247 e. The largest absolute Gasteiger partial charge is 0.493 e. The summed E-state index contributed by atoms with van der Waals surface area (Å²) in [5.41, 5.74) is 7.00. The standard InChI is InChI=1S/C23H25F2N3O2S/c24-15-7-10-19(25)17(13-15)21-27-28(22(29)14-5-8-16(26)9-6-14)23(31-21)11-12-30-20-4-2-1-3-18(20)23/h1-4,10,13-16H,5-9,11-12,26H2/t14-,15?,16-,23?. The molecule has 2 aliphatic heterocycles. The number of nitrogens with two attached hydrogens (primary N) is 1. The van der Waals surface area contributed by atoms with E-state index in [-0.39, 0.29) is 29.9 Å². The van der Waals surface area contributed by atoms with E-state index >= 15 is 0 Å². The second kappa shape index (κ2) is 8.06. The molecule has 1 spiro atoms. The zero-order valence-electron chi connectivity index (χ0n) is 17.1. The average molecular weight is 446 g/mol. The number of hydrogen-bond acceptors (Lipinski definition) is 5. The molecule has 1 amide bonds. The molecule has 0 bridgehead atoms. The summed E-state index contributed by atoms with van der Waals surface area (Å²) in [6.07, 6.45) is 4.80. The van der Waals surface area contributed by atoms with Gasteiger partial charge in [-0.3, -0.25) is 4.79 Å². The maximum absolute atomic E-state index is 14.6. The van der Waals surface area contributed by atoms with Crippen molar-refractivity contribution in [2.45, 2.75) is 55.6 Å². The molecule has 2 heterocycles. The number of para-hydroxylation sites is 1. The molecular weight excluding hydrogens is 420 g/mol. The number of benzene rings is 1. The first-order valence-corrected chi connectivity index (χ1v) is 11.6. The molecular formula is C23H25F2N3O2S. The van der Waals surface area contributed by atoms with E-state index in [1.807, 2.05) is 24.3 Å². The first kappa shape index (κ1) is 20.7. The summed E-state index contributed by atoms with van der Waals surface area (Å²) in [6.45, 7) is 0.412. The Kier molecular flexibility index (Phi) is 5.38. The molecule has 2 aliphatic carbocycles. The molecule has 1 aromatic rings. The van der Waals surface area contributed by atoms with E-state index in [9.17, 15) is 13.6 Å². The third-order valence-electron chi connectivity index (χ3n) is 6.49. The maximum Gasteiger partial charge on any atom is 0.247 e. The van der Waals surface area contributed by atoms with Crippen molar-refractivity contribution < 1.29 is 18.3 Å². The van der Waals surface area contributed by atoms with Crippen LogP contribution in [0.25, 0.3) is 0 Å². The van der Waals surface area contributed by atoms with Gasteiger partial charge in [0.2, 0.25) is 5.91 Å². The van der Waals surface area contributed by atoms with E-state index in [4.69, 9.17) is 10.5 Å². The molecule has 0 radical (unpaired) electrons. The number of amides is 1. The fourth-order valence-corrected chi connectivity index (χ4v) is 6.17. The highest BCUT2D eigenvalue weighted by Gasteiger charge is 2.53. The van der Waals surface area contributed by atoms with Crippen molar-refractivity contribution in [2.24, 2.45) is 16.8 Å². The van der Waals surface area contributed by atoms with Crippen molar-refractivity contribution in [1.82, 2.24) is 5.01 Å². The van der Waals surface area contributed by atoms with Gasteiger partial charge in [-0.15, -0.1) is 0 Å². The van der Waals surface area contributed by atoms with E-state index < -0.39 is 16.9 Å². The molecule has 2 atom stereocenters. The van der Waals surface area contributed by atoms with Crippen molar-refractivity contribution in [3.8, 4) is 5.75 Å². The number of thioether (sulfide) groups is 1. The van der Waals surface area contributed by atoms with Crippen LogP contribution in [0.15, 0.2) is 52.9 Å². The van der Waals surface area contributed by atoms with Crippen LogP contribution in [0.1, 0.15) is 44.1 Å². The van der Waals surface area contributed by atoms with Gasteiger partial charge in [0.15, 0.2) is 0 Å². The summed E-state index contributed by atoms with van der Waals surface area (Å²) in [5, 5.41) is 6.50. The number of carbonyl (C=O) groups excluding carboxylic acids is 1. The maximum atomic E-state index is 14.6. The van der Waals surface area contributed by atoms with Crippen molar-refractivity contribution in [2.75, 3.05) is 6.61 Å². The van der Waals surface area contributed by atoms with Gasteiger partial charge in [-0.05, 0) is 43.9 Å². The molecule has 2 N–H and O–H groups in total. The molecule has 1 aromatic carbocycles. The number of carbonyl (C=O) groups is 1. The Hall–Kier alpha value is -2.19. The summed E-state index contributed by atoms with van der Waals surface area (Å²) in [6, 6.07) is 7.70. The van der Waals surface area contributed by atoms with Crippen LogP contribution in [-0.2, 0) is 9.67 Å². The van der Waals surface area contributed by atoms with Crippen LogP contribution in [0.5, 0.6) is 5.75 Å². The van der Waals surface area contributed by atoms with Crippen LogP contribution in [0.4, 0.5) is 8.78 Å². The third-order valence-corrected chi connectivity index (χ3v) is 7.92. The molecule has 1 saturated carbocycles. The van der Waals surface area contributed by atoms with E-state index in [0.717, 1.165) is 18.4 Å². The Morgan fingerprint density at radius 2 is 2.03 bits per heavy atom. The zero-order valence-corrected chi connectivity index (χ0v) is 17.9. The highest BCUT2D eigenvalue weighted by atomic mass is 32.2. The van der Waals surface area contributed by atoms with Gasteiger partial charge in [-0.25, -0.2) is 13.8 Å². The lowest BCUT2D eigenvalue weighted by molar-refractivity contribution is -0.141. The Balaban J connectivity index is 1.56. The van der Waals surface area contributed by atoms with Gasteiger partial charge < -0.3 is 10.5 Å². The number of allylic oxidation sites excluding steroid dienone is 3. The van der Waals surface area contributed by atoms with Crippen LogP contribution in [-0.4, -0.2) is 34.8 Å². The number of halogens is 2.